The smallest absolute Gasteiger partial charge is 0.137 e. The van der Waals surface area contributed by atoms with E-state index in [9.17, 15) is 4.21 Å². The van der Waals surface area contributed by atoms with Gasteiger partial charge in [0.2, 0.25) is 0 Å². The van der Waals surface area contributed by atoms with Crippen molar-refractivity contribution in [2.75, 3.05) is 18.6 Å². The van der Waals surface area contributed by atoms with Gasteiger partial charge in [0.05, 0.1) is 40.3 Å². The van der Waals surface area contributed by atoms with E-state index < -0.39 is 10.8 Å². The summed E-state index contributed by atoms with van der Waals surface area (Å²) < 4.78 is 23.5. The van der Waals surface area contributed by atoms with Gasteiger partial charge in [0.15, 0.2) is 0 Å². The topological polar surface area (TPSA) is 61.5 Å². The number of hydrogen-bond donors (Lipinski definition) is 1. The van der Waals surface area contributed by atoms with Crippen molar-refractivity contribution in [1.82, 2.24) is 0 Å². The Kier molecular flexibility index (Phi) is 4.16. The molecule has 106 valence electrons. The number of benzene rings is 1. The van der Waals surface area contributed by atoms with Crippen LogP contribution in [0.2, 0.25) is 0 Å². The van der Waals surface area contributed by atoms with E-state index in [0.29, 0.717) is 22.1 Å². The summed E-state index contributed by atoms with van der Waals surface area (Å²) in [5.74, 6) is 1.08. The van der Waals surface area contributed by atoms with Crippen LogP contribution in [0.3, 0.4) is 0 Å². The molecule has 2 rings (SSSR count). The predicted octanol–water partition coefficient (Wildman–Crippen LogP) is 2.34. The molecule has 19 heavy (non-hydrogen) atoms. The second kappa shape index (κ2) is 5.51. The standard InChI is InChI=1S/C14H21NO3S/c1-14(2)7-6-11(18-14)9-19(16)13-5-4-10(15)8-12(13)17-3/h4-5,8,11H,6-7,9,15H2,1-3H3. The number of rotatable bonds is 4. The molecule has 1 saturated heterocycles. The van der Waals surface area contributed by atoms with E-state index in [0.717, 1.165) is 12.8 Å². The third kappa shape index (κ3) is 3.48. The number of methoxy groups -OCH3 is 1. The molecular formula is C14H21NO3S. The van der Waals surface area contributed by atoms with Crippen molar-refractivity contribution in [3.05, 3.63) is 18.2 Å². The third-order valence-corrected chi connectivity index (χ3v) is 4.83. The maximum Gasteiger partial charge on any atom is 0.137 e. The molecule has 1 aromatic rings. The summed E-state index contributed by atoms with van der Waals surface area (Å²) in [5.41, 5.74) is 6.21. The highest BCUT2D eigenvalue weighted by Crippen LogP contribution is 2.32. The minimum absolute atomic E-state index is 0.0538. The lowest BCUT2D eigenvalue weighted by Gasteiger charge is -2.19. The van der Waals surface area contributed by atoms with E-state index in [2.05, 4.69) is 13.8 Å². The van der Waals surface area contributed by atoms with Crippen LogP contribution in [0.25, 0.3) is 0 Å². The van der Waals surface area contributed by atoms with Gasteiger partial charge in [-0.25, -0.2) is 0 Å². The highest BCUT2D eigenvalue weighted by molar-refractivity contribution is 7.85. The Hall–Kier alpha value is -1.07. The second-order valence-corrected chi connectivity index (χ2v) is 6.92. The SMILES string of the molecule is COc1cc(N)ccc1S(=O)CC1CCC(C)(C)O1. The van der Waals surface area contributed by atoms with E-state index >= 15 is 0 Å². The van der Waals surface area contributed by atoms with Crippen LogP contribution in [0.15, 0.2) is 23.1 Å². The van der Waals surface area contributed by atoms with Gasteiger partial charge in [-0.3, -0.25) is 4.21 Å². The molecule has 0 spiro atoms. The normalized spacial score (nSPS) is 23.2. The van der Waals surface area contributed by atoms with Crippen LogP contribution in [0.5, 0.6) is 5.75 Å². The van der Waals surface area contributed by atoms with Gasteiger partial charge >= 0.3 is 0 Å². The zero-order valence-electron chi connectivity index (χ0n) is 11.6. The van der Waals surface area contributed by atoms with E-state index in [-0.39, 0.29) is 11.7 Å². The number of nitrogen functional groups attached to an aromatic ring is 1. The van der Waals surface area contributed by atoms with Gasteiger partial charge in [-0.1, -0.05) is 0 Å². The fraction of sp³-hybridized carbons (Fsp3) is 0.571. The van der Waals surface area contributed by atoms with Crippen molar-refractivity contribution in [2.24, 2.45) is 0 Å². The number of ether oxygens (including phenoxy) is 2. The average Bonchev–Trinajstić information content (AvgIpc) is 2.68. The van der Waals surface area contributed by atoms with Crippen LogP contribution in [0.1, 0.15) is 26.7 Å². The quantitative estimate of drug-likeness (QED) is 0.862. The molecule has 1 aliphatic heterocycles. The summed E-state index contributed by atoms with van der Waals surface area (Å²) in [5, 5.41) is 0. The Bertz CT molecular complexity index is 488. The first kappa shape index (κ1) is 14.3. The molecule has 2 N–H and O–H groups in total. The molecule has 0 saturated carbocycles. The molecule has 0 radical (unpaired) electrons. The van der Waals surface area contributed by atoms with Crippen molar-refractivity contribution >= 4 is 16.5 Å². The molecule has 0 aromatic heterocycles. The Balaban J connectivity index is 2.08. The lowest BCUT2D eigenvalue weighted by Crippen LogP contribution is -2.23. The molecule has 2 unspecified atom stereocenters. The summed E-state index contributed by atoms with van der Waals surface area (Å²) in [6.45, 7) is 4.14. The van der Waals surface area contributed by atoms with E-state index in [1.165, 1.54) is 0 Å². The molecule has 4 nitrogen and oxygen atoms in total. The molecule has 5 heteroatoms. The van der Waals surface area contributed by atoms with Crippen LogP contribution in [-0.4, -0.2) is 28.8 Å². The number of anilines is 1. The van der Waals surface area contributed by atoms with Gasteiger partial charge in [-0.2, -0.15) is 0 Å². The fourth-order valence-corrected chi connectivity index (χ4v) is 3.66. The first-order valence-corrected chi connectivity index (χ1v) is 7.73. The highest BCUT2D eigenvalue weighted by atomic mass is 32.2. The van der Waals surface area contributed by atoms with Crippen molar-refractivity contribution in [1.29, 1.82) is 0 Å². The van der Waals surface area contributed by atoms with Crippen LogP contribution in [0.4, 0.5) is 5.69 Å². The molecule has 0 amide bonds. The van der Waals surface area contributed by atoms with E-state index in [4.69, 9.17) is 15.2 Å². The summed E-state index contributed by atoms with van der Waals surface area (Å²) in [6.07, 6.45) is 2.02. The third-order valence-electron chi connectivity index (χ3n) is 3.32. The van der Waals surface area contributed by atoms with E-state index in [1.807, 2.05) is 0 Å². The Morgan fingerprint density at radius 2 is 2.26 bits per heavy atom. The summed E-state index contributed by atoms with van der Waals surface area (Å²) in [7, 11) is 0.428. The van der Waals surface area contributed by atoms with Crippen molar-refractivity contribution < 1.29 is 13.7 Å². The summed E-state index contributed by atoms with van der Waals surface area (Å²) in [6, 6.07) is 5.21. The van der Waals surface area contributed by atoms with Gasteiger partial charge in [0, 0.05) is 11.8 Å². The summed E-state index contributed by atoms with van der Waals surface area (Å²) in [4.78, 5) is 0.685. The van der Waals surface area contributed by atoms with Crippen molar-refractivity contribution in [3.8, 4) is 5.75 Å². The molecule has 1 heterocycles. The van der Waals surface area contributed by atoms with Gasteiger partial charge in [-0.05, 0) is 38.8 Å². The molecule has 2 atom stereocenters. The lowest BCUT2D eigenvalue weighted by molar-refractivity contribution is -0.00498. The average molecular weight is 283 g/mol. The number of nitrogens with two attached hydrogens (primary N) is 1. The fourth-order valence-electron chi connectivity index (χ4n) is 2.33. The van der Waals surface area contributed by atoms with Crippen LogP contribution in [-0.2, 0) is 15.5 Å². The largest absolute Gasteiger partial charge is 0.495 e. The molecule has 1 fully saturated rings. The van der Waals surface area contributed by atoms with Gasteiger partial charge in [0.25, 0.3) is 0 Å². The number of hydrogen-bond acceptors (Lipinski definition) is 4. The molecular weight excluding hydrogens is 262 g/mol. The molecule has 0 bridgehead atoms. The van der Waals surface area contributed by atoms with Gasteiger partial charge in [0.1, 0.15) is 5.75 Å². The zero-order valence-corrected chi connectivity index (χ0v) is 12.5. The first-order valence-electron chi connectivity index (χ1n) is 6.41. The monoisotopic (exact) mass is 283 g/mol. The molecule has 1 aliphatic rings. The Labute approximate surface area is 116 Å². The minimum Gasteiger partial charge on any atom is -0.495 e. The Morgan fingerprint density at radius 1 is 1.53 bits per heavy atom. The maximum atomic E-state index is 12.4. The highest BCUT2D eigenvalue weighted by Gasteiger charge is 2.33. The van der Waals surface area contributed by atoms with Crippen LogP contribution < -0.4 is 10.5 Å². The molecule has 0 aliphatic carbocycles. The first-order chi connectivity index (χ1) is 8.91. The zero-order chi connectivity index (χ0) is 14.0. The second-order valence-electron chi connectivity index (χ2n) is 5.46. The maximum absolute atomic E-state index is 12.4. The minimum atomic E-state index is -1.13. The molecule has 1 aromatic carbocycles. The van der Waals surface area contributed by atoms with E-state index in [1.54, 1.807) is 25.3 Å². The predicted molar refractivity (Wildman–Crippen MR) is 76.9 cm³/mol. The van der Waals surface area contributed by atoms with Crippen molar-refractivity contribution in [2.45, 2.75) is 43.3 Å². The van der Waals surface area contributed by atoms with Gasteiger partial charge in [-0.15, -0.1) is 0 Å². The van der Waals surface area contributed by atoms with Crippen molar-refractivity contribution in [3.63, 3.8) is 0 Å². The van der Waals surface area contributed by atoms with Crippen LogP contribution >= 0.6 is 0 Å². The Morgan fingerprint density at radius 3 is 2.84 bits per heavy atom. The van der Waals surface area contributed by atoms with Gasteiger partial charge < -0.3 is 15.2 Å². The van der Waals surface area contributed by atoms with Crippen LogP contribution in [0, 0.1) is 0 Å². The summed E-state index contributed by atoms with van der Waals surface area (Å²) >= 11 is 0. The lowest BCUT2D eigenvalue weighted by atomic mass is 10.1.